The highest BCUT2D eigenvalue weighted by Gasteiger charge is 2.27. The molecule has 1 unspecified atom stereocenters. The van der Waals surface area contributed by atoms with Crippen LogP contribution < -0.4 is 5.32 Å². The van der Waals surface area contributed by atoms with Crippen LogP contribution in [0.15, 0.2) is 0 Å². The molecule has 122 valence electrons. The fourth-order valence-corrected chi connectivity index (χ4v) is 3.55. The molecule has 0 spiro atoms. The number of piperidine rings is 1. The van der Waals surface area contributed by atoms with Crippen LogP contribution in [0.2, 0.25) is 0 Å². The molecule has 2 fully saturated rings. The molecular formula is C16H27N5O. The molecule has 0 radical (unpaired) electrons. The zero-order chi connectivity index (χ0) is 15.5. The van der Waals surface area contributed by atoms with Crippen molar-refractivity contribution in [2.24, 2.45) is 5.92 Å². The molecule has 6 nitrogen and oxygen atoms in total. The van der Waals surface area contributed by atoms with Crippen LogP contribution in [-0.4, -0.2) is 52.0 Å². The lowest BCUT2D eigenvalue weighted by Gasteiger charge is -2.24. The van der Waals surface area contributed by atoms with Gasteiger partial charge in [-0.3, -0.25) is 4.79 Å². The molecule has 2 saturated heterocycles. The van der Waals surface area contributed by atoms with Crippen LogP contribution in [0.5, 0.6) is 0 Å². The summed E-state index contributed by atoms with van der Waals surface area (Å²) >= 11 is 0. The number of aromatic nitrogens is 3. The lowest BCUT2D eigenvalue weighted by molar-refractivity contribution is 0.0753. The van der Waals surface area contributed by atoms with E-state index in [-0.39, 0.29) is 5.91 Å². The average Bonchev–Trinajstić information content (AvgIpc) is 2.78. The zero-order valence-corrected chi connectivity index (χ0v) is 13.7. The van der Waals surface area contributed by atoms with Crippen LogP contribution in [0.3, 0.4) is 0 Å². The van der Waals surface area contributed by atoms with Crippen molar-refractivity contribution in [1.82, 2.24) is 25.2 Å². The number of carbonyl (C=O) groups excluding carboxylic acids is 1. The molecule has 1 aromatic heterocycles. The van der Waals surface area contributed by atoms with E-state index in [9.17, 15) is 4.79 Å². The fourth-order valence-electron chi connectivity index (χ4n) is 3.55. The Morgan fingerprint density at radius 2 is 1.95 bits per heavy atom. The second kappa shape index (κ2) is 6.77. The first kappa shape index (κ1) is 15.5. The predicted molar refractivity (Wildman–Crippen MR) is 84.8 cm³/mol. The zero-order valence-electron chi connectivity index (χ0n) is 13.7. The van der Waals surface area contributed by atoms with E-state index in [4.69, 9.17) is 0 Å². The van der Waals surface area contributed by atoms with Crippen molar-refractivity contribution in [2.75, 3.05) is 26.2 Å². The molecule has 6 heteroatoms. The standard InChI is InChI=1S/C16H27N5O/c1-12-4-3-10-20(11-7-12)16(22)15-13(2)21(19-18-15)14-5-8-17-9-6-14/h12,14,17H,3-11H2,1-2H3. The van der Waals surface area contributed by atoms with E-state index in [2.05, 4.69) is 22.6 Å². The Morgan fingerprint density at radius 1 is 1.18 bits per heavy atom. The number of nitrogens with zero attached hydrogens (tertiary/aromatic N) is 4. The Kier molecular flexibility index (Phi) is 4.76. The van der Waals surface area contributed by atoms with Crippen LogP contribution in [0, 0.1) is 12.8 Å². The summed E-state index contributed by atoms with van der Waals surface area (Å²) in [6.45, 7) is 7.97. The summed E-state index contributed by atoms with van der Waals surface area (Å²) in [6, 6.07) is 0.374. The first-order chi connectivity index (χ1) is 10.7. The first-order valence-electron chi connectivity index (χ1n) is 8.58. The summed E-state index contributed by atoms with van der Waals surface area (Å²) < 4.78 is 1.97. The van der Waals surface area contributed by atoms with E-state index in [1.165, 1.54) is 6.42 Å². The van der Waals surface area contributed by atoms with Gasteiger partial charge in [-0.25, -0.2) is 4.68 Å². The Morgan fingerprint density at radius 3 is 2.73 bits per heavy atom. The van der Waals surface area contributed by atoms with Crippen molar-refractivity contribution >= 4 is 5.91 Å². The molecule has 2 aliphatic heterocycles. The van der Waals surface area contributed by atoms with Gasteiger partial charge in [0.15, 0.2) is 5.69 Å². The molecule has 1 atom stereocenters. The van der Waals surface area contributed by atoms with E-state index in [1.807, 2.05) is 16.5 Å². The van der Waals surface area contributed by atoms with Gasteiger partial charge in [-0.2, -0.15) is 0 Å². The minimum atomic E-state index is 0.0618. The number of rotatable bonds is 2. The van der Waals surface area contributed by atoms with Gasteiger partial charge in [-0.05, 0) is 58.0 Å². The quantitative estimate of drug-likeness (QED) is 0.904. The fraction of sp³-hybridized carbons (Fsp3) is 0.812. The Hall–Kier alpha value is -1.43. The number of amides is 1. The smallest absolute Gasteiger partial charge is 0.276 e. The maximum absolute atomic E-state index is 12.8. The van der Waals surface area contributed by atoms with Crippen molar-refractivity contribution in [3.05, 3.63) is 11.4 Å². The molecule has 1 N–H and O–H groups in total. The second-order valence-electron chi connectivity index (χ2n) is 6.78. The number of hydrogen-bond donors (Lipinski definition) is 1. The third-order valence-corrected chi connectivity index (χ3v) is 5.09. The van der Waals surface area contributed by atoms with Gasteiger partial charge in [0.2, 0.25) is 0 Å². The molecule has 1 aromatic rings. The van der Waals surface area contributed by atoms with E-state index in [0.29, 0.717) is 17.7 Å². The number of likely N-dealkylation sites (tertiary alicyclic amines) is 1. The molecule has 3 heterocycles. The van der Waals surface area contributed by atoms with Gasteiger partial charge in [-0.1, -0.05) is 12.1 Å². The van der Waals surface area contributed by atoms with Crippen LogP contribution in [0.25, 0.3) is 0 Å². The highest BCUT2D eigenvalue weighted by molar-refractivity contribution is 5.93. The van der Waals surface area contributed by atoms with Crippen LogP contribution in [0.4, 0.5) is 0 Å². The summed E-state index contributed by atoms with van der Waals surface area (Å²) in [5.74, 6) is 0.774. The Bertz CT molecular complexity index is 521. The van der Waals surface area contributed by atoms with E-state index in [0.717, 1.165) is 57.6 Å². The van der Waals surface area contributed by atoms with Crippen LogP contribution in [-0.2, 0) is 0 Å². The molecule has 0 saturated carbocycles. The highest BCUT2D eigenvalue weighted by Crippen LogP contribution is 2.22. The largest absolute Gasteiger partial charge is 0.337 e. The molecule has 0 bridgehead atoms. The van der Waals surface area contributed by atoms with Gasteiger partial charge in [-0.15, -0.1) is 5.10 Å². The third kappa shape index (κ3) is 3.16. The average molecular weight is 305 g/mol. The normalized spacial score (nSPS) is 24.3. The molecule has 3 rings (SSSR count). The summed E-state index contributed by atoms with van der Waals surface area (Å²) in [4.78, 5) is 14.7. The summed E-state index contributed by atoms with van der Waals surface area (Å²) in [7, 11) is 0. The van der Waals surface area contributed by atoms with E-state index < -0.39 is 0 Å². The van der Waals surface area contributed by atoms with Crippen molar-refractivity contribution in [3.8, 4) is 0 Å². The van der Waals surface area contributed by atoms with Gasteiger partial charge in [0.05, 0.1) is 11.7 Å². The van der Waals surface area contributed by atoms with Gasteiger partial charge in [0, 0.05) is 13.1 Å². The van der Waals surface area contributed by atoms with Crippen LogP contribution >= 0.6 is 0 Å². The van der Waals surface area contributed by atoms with Crippen molar-refractivity contribution in [2.45, 2.75) is 52.0 Å². The lowest BCUT2D eigenvalue weighted by atomic mass is 10.0. The van der Waals surface area contributed by atoms with Crippen molar-refractivity contribution in [3.63, 3.8) is 0 Å². The summed E-state index contributed by atoms with van der Waals surface area (Å²) in [6.07, 6.45) is 5.50. The Balaban J connectivity index is 1.74. The topological polar surface area (TPSA) is 63.1 Å². The van der Waals surface area contributed by atoms with E-state index >= 15 is 0 Å². The van der Waals surface area contributed by atoms with E-state index in [1.54, 1.807) is 0 Å². The maximum atomic E-state index is 12.8. The molecule has 0 aromatic carbocycles. The molecular weight excluding hydrogens is 278 g/mol. The van der Waals surface area contributed by atoms with Gasteiger partial charge >= 0.3 is 0 Å². The molecule has 22 heavy (non-hydrogen) atoms. The SMILES string of the molecule is Cc1c(C(=O)N2CCCC(C)CC2)nnn1C1CCNCC1. The summed E-state index contributed by atoms with van der Waals surface area (Å²) in [5, 5.41) is 11.9. The number of carbonyl (C=O) groups is 1. The van der Waals surface area contributed by atoms with Gasteiger partial charge < -0.3 is 10.2 Å². The number of nitrogens with one attached hydrogen (secondary N) is 1. The Labute approximate surface area is 132 Å². The van der Waals surface area contributed by atoms with Gasteiger partial charge in [0.1, 0.15) is 0 Å². The summed E-state index contributed by atoms with van der Waals surface area (Å²) in [5.41, 5.74) is 1.47. The van der Waals surface area contributed by atoms with Crippen LogP contribution in [0.1, 0.15) is 61.3 Å². The number of hydrogen-bond acceptors (Lipinski definition) is 4. The molecule has 0 aliphatic carbocycles. The van der Waals surface area contributed by atoms with Crippen molar-refractivity contribution < 1.29 is 4.79 Å². The molecule has 1 amide bonds. The first-order valence-corrected chi connectivity index (χ1v) is 8.58. The third-order valence-electron chi connectivity index (χ3n) is 5.09. The molecule has 2 aliphatic rings. The maximum Gasteiger partial charge on any atom is 0.276 e. The predicted octanol–water partition coefficient (Wildman–Crippen LogP) is 1.77. The minimum absolute atomic E-state index is 0.0618. The van der Waals surface area contributed by atoms with Gasteiger partial charge in [0.25, 0.3) is 5.91 Å². The van der Waals surface area contributed by atoms with Crippen molar-refractivity contribution in [1.29, 1.82) is 0 Å². The second-order valence-corrected chi connectivity index (χ2v) is 6.78. The lowest BCUT2D eigenvalue weighted by Crippen LogP contribution is -2.33. The monoisotopic (exact) mass is 305 g/mol. The highest BCUT2D eigenvalue weighted by atomic mass is 16.2. The minimum Gasteiger partial charge on any atom is -0.337 e.